The van der Waals surface area contributed by atoms with Gasteiger partial charge in [-0.15, -0.1) is 0 Å². The molecule has 3 rings (SSSR count). The van der Waals surface area contributed by atoms with Crippen LogP contribution in [0, 0.1) is 5.82 Å². The average Bonchev–Trinajstić information content (AvgIpc) is 3.04. The molecule has 0 bridgehead atoms. The molecule has 0 aliphatic carbocycles. The molecule has 2 heterocycles. The minimum absolute atomic E-state index is 0.0733. The summed E-state index contributed by atoms with van der Waals surface area (Å²) in [5.41, 5.74) is 2.88. The third-order valence-electron chi connectivity index (χ3n) is 6.05. The van der Waals surface area contributed by atoms with Gasteiger partial charge in [-0.25, -0.2) is 17.8 Å². The topological polar surface area (TPSA) is 137 Å². The number of aliphatic carboxylic acids is 1. The number of hydrogen-bond donors (Lipinski definition) is 3. The quantitative estimate of drug-likeness (QED) is 0.421. The highest BCUT2D eigenvalue weighted by Gasteiger charge is 2.31. The maximum absolute atomic E-state index is 13.8. The number of carbonyl (C=O) groups is 1. The molecule has 1 aromatic carbocycles. The van der Waals surface area contributed by atoms with Gasteiger partial charge in [0.15, 0.2) is 0 Å². The maximum Gasteiger partial charge on any atom is 0.305 e. The van der Waals surface area contributed by atoms with Gasteiger partial charge in [-0.2, -0.15) is 0 Å². The number of anilines is 1. The fraction of sp³-hybridized carbons (Fsp3) is 0.462. The summed E-state index contributed by atoms with van der Waals surface area (Å²) in [5, 5.41) is 29.2. The van der Waals surface area contributed by atoms with Crippen molar-refractivity contribution in [3.8, 4) is 11.1 Å². The lowest BCUT2D eigenvalue weighted by atomic mass is 9.90. The molecule has 0 saturated carbocycles. The molecule has 1 aromatic heterocycles. The number of fused-ring (bicyclic) bond motifs is 1. The van der Waals surface area contributed by atoms with Crippen molar-refractivity contribution < 1.29 is 37.7 Å². The first-order valence-electron chi connectivity index (χ1n) is 12.1. The number of hydrogen-bond acceptors (Lipinski definition) is 7. The Labute approximate surface area is 216 Å². The SMILES string of the molecule is CCS(=O)(=O)N1CCOCc2c1nc(C(C)C)c(/C=C/[C@@H](O)C[C@@H](O)CC(=O)O)c2-c1ccc(F)cc1. The zero-order chi connectivity index (χ0) is 27.3. The first kappa shape index (κ1) is 28.7. The van der Waals surface area contributed by atoms with Crippen LogP contribution in [-0.4, -0.2) is 65.8 Å². The Hall–Kier alpha value is -2.86. The lowest BCUT2D eigenvalue weighted by molar-refractivity contribution is -0.139. The summed E-state index contributed by atoms with van der Waals surface area (Å²) < 4.78 is 46.8. The first-order valence-corrected chi connectivity index (χ1v) is 13.7. The summed E-state index contributed by atoms with van der Waals surface area (Å²) in [7, 11) is -3.67. The van der Waals surface area contributed by atoms with Crippen molar-refractivity contribution in [2.75, 3.05) is 23.2 Å². The zero-order valence-corrected chi connectivity index (χ0v) is 21.9. The highest BCUT2D eigenvalue weighted by atomic mass is 32.2. The van der Waals surface area contributed by atoms with Gasteiger partial charge in [-0.3, -0.25) is 9.10 Å². The molecule has 9 nitrogen and oxygen atoms in total. The highest BCUT2D eigenvalue weighted by Crippen LogP contribution is 2.40. The van der Waals surface area contributed by atoms with Gasteiger partial charge in [0.1, 0.15) is 11.6 Å². The van der Waals surface area contributed by atoms with E-state index in [1.165, 1.54) is 22.5 Å². The van der Waals surface area contributed by atoms with Crippen LogP contribution in [0.4, 0.5) is 10.2 Å². The van der Waals surface area contributed by atoms with E-state index in [1.807, 2.05) is 13.8 Å². The number of halogens is 1. The first-order chi connectivity index (χ1) is 17.4. The smallest absolute Gasteiger partial charge is 0.305 e. The molecule has 0 radical (unpaired) electrons. The van der Waals surface area contributed by atoms with Crippen molar-refractivity contribution in [2.24, 2.45) is 0 Å². The predicted octanol–water partition coefficient (Wildman–Crippen LogP) is 3.30. The monoisotopic (exact) mass is 536 g/mol. The van der Waals surface area contributed by atoms with Crippen molar-refractivity contribution >= 4 is 27.9 Å². The van der Waals surface area contributed by atoms with Crippen LogP contribution in [0.1, 0.15) is 56.4 Å². The molecule has 2 atom stereocenters. The second-order valence-electron chi connectivity index (χ2n) is 9.19. The number of aromatic nitrogens is 1. The summed E-state index contributed by atoms with van der Waals surface area (Å²) in [6, 6.07) is 5.78. The number of sulfonamides is 1. The van der Waals surface area contributed by atoms with Crippen molar-refractivity contribution in [2.45, 2.75) is 58.3 Å². The van der Waals surface area contributed by atoms with E-state index in [0.29, 0.717) is 27.9 Å². The van der Waals surface area contributed by atoms with Gasteiger partial charge < -0.3 is 20.1 Å². The van der Waals surface area contributed by atoms with Crippen LogP contribution in [0.25, 0.3) is 17.2 Å². The van der Waals surface area contributed by atoms with E-state index in [9.17, 15) is 27.8 Å². The average molecular weight is 537 g/mol. The molecule has 3 N–H and O–H groups in total. The molecule has 0 amide bonds. The molecule has 37 heavy (non-hydrogen) atoms. The van der Waals surface area contributed by atoms with Crippen molar-refractivity contribution in [3.05, 3.63) is 53.0 Å². The zero-order valence-electron chi connectivity index (χ0n) is 21.1. The number of ether oxygens (including phenoxy) is 1. The highest BCUT2D eigenvalue weighted by molar-refractivity contribution is 7.92. The Morgan fingerprint density at radius 1 is 1.24 bits per heavy atom. The predicted molar refractivity (Wildman–Crippen MR) is 138 cm³/mol. The second-order valence-corrected chi connectivity index (χ2v) is 11.4. The molecule has 0 unspecified atom stereocenters. The Morgan fingerprint density at radius 3 is 2.51 bits per heavy atom. The van der Waals surface area contributed by atoms with Gasteiger partial charge in [-0.1, -0.05) is 38.1 Å². The molecule has 11 heteroatoms. The number of carboxylic acid groups (broad SMARTS) is 1. The van der Waals surface area contributed by atoms with Gasteiger partial charge in [0, 0.05) is 17.5 Å². The summed E-state index contributed by atoms with van der Waals surface area (Å²) >= 11 is 0. The van der Waals surface area contributed by atoms with Gasteiger partial charge in [0.05, 0.1) is 49.8 Å². The van der Waals surface area contributed by atoms with E-state index < -0.39 is 40.4 Å². The number of nitrogens with zero attached hydrogens (tertiary/aromatic N) is 2. The van der Waals surface area contributed by atoms with Crippen LogP contribution in [0.3, 0.4) is 0 Å². The molecule has 2 aromatic rings. The van der Waals surface area contributed by atoms with Gasteiger partial charge in [0.25, 0.3) is 0 Å². The summed E-state index contributed by atoms with van der Waals surface area (Å²) in [6.45, 7) is 5.71. The van der Waals surface area contributed by atoms with E-state index in [4.69, 9.17) is 14.8 Å². The van der Waals surface area contributed by atoms with E-state index >= 15 is 0 Å². The van der Waals surface area contributed by atoms with Gasteiger partial charge in [-0.05, 0) is 36.1 Å². The summed E-state index contributed by atoms with van der Waals surface area (Å²) in [6.07, 6.45) is -0.000696. The molecule has 0 spiro atoms. The van der Waals surface area contributed by atoms with Crippen LogP contribution in [0.15, 0.2) is 30.3 Å². The number of rotatable bonds is 10. The Bertz CT molecular complexity index is 1250. The van der Waals surface area contributed by atoms with Crippen molar-refractivity contribution in [1.29, 1.82) is 0 Å². The largest absolute Gasteiger partial charge is 0.481 e. The molecule has 1 aliphatic heterocycles. The van der Waals surface area contributed by atoms with E-state index in [-0.39, 0.29) is 43.7 Å². The van der Waals surface area contributed by atoms with Crippen molar-refractivity contribution in [3.63, 3.8) is 0 Å². The number of benzene rings is 1. The molecule has 0 fully saturated rings. The molecule has 202 valence electrons. The Balaban J connectivity index is 2.25. The summed E-state index contributed by atoms with van der Waals surface area (Å²) in [5.74, 6) is -1.62. The molecule has 0 saturated heterocycles. The molecular weight excluding hydrogens is 503 g/mol. The van der Waals surface area contributed by atoms with Crippen LogP contribution >= 0.6 is 0 Å². The van der Waals surface area contributed by atoms with E-state index in [2.05, 4.69) is 0 Å². The Morgan fingerprint density at radius 2 is 1.92 bits per heavy atom. The number of pyridine rings is 1. The number of aliphatic hydroxyl groups is 2. The second kappa shape index (κ2) is 12.1. The fourth-order valence-electron chi connectivity index (χ4n) is 4.25. The van der Waals surface area contributed by atoms with E-state index in [0.717, 1.165) is 0 Å². The standard InChI is InChI=1S/C26H33FN2O7S/c1-4-37(34,35)29-11-12-36-15-22-24(17-5-7-18(27)8-6-17)21(25(16(2)3)28-26(22)29)10-9-19(30)13-20(31)14-23(32)33/h5-10,16,19-20,30-31H,4,11-15H2,1-3H3,(H,32,33)/b10-9+/t19-,20-/m1/s1. The Kier molecular flexibility index (Phi) is 9.41. The normalized spacial score (nSPS) is 16.0. The van der Waals surface area contributed by atoms with Gasteiger partial charge in [0.2, 0.25) is 10.0 Å². The minimum Gasteiger partial charge on any atom is -0.481 e. The van der Waals surface area contributed by atoms with Crippen LogP contribution in [0.5, 0.6) is 0 Å². The van der Waals surface area contributed by atoms with Crippen LogP contribution in [0.2, 0.25) is 0 Å². The van der Waals surface area contributed by atoms with Gasteiger partial charge >= 0.3 is 5.97 Å². The lowest BCUT2D eigenvalue weighted by Gasteiger charge is -2.26. The summed E-state index contributed by atoms with van der Waals surface area (Å²) in [4.78, 5) is 15.6. The van der Waals surface area contributed by atoms with Crippen LogP contribution < -0.4 is 4.31 Å². The fourth-order valence-corrected chi connectivity index (χ4v) is 5.33. The molecule has 1 aliphatic rings. The third kappa shape index (κ3) is 6.92. The number of carboxylic acids is 1. The number of aliphatic hydroxyl groups excluding tert-OH is 2. The molecular formula is C26H33FN2O7S. The van der Waals surface area contributed by atoms with E-state index in [1.54, 1.807) is 25.1 Å². The maximum atomic E-state index is 13.8. The lowest BCUT2D eigenvalue weighted by Crippen LogP contribution is -2.35. The van der Waals surface area contributed by atoms with Crippen molar-refractivity contribution in [1.82, 2.24) is 4.98 Å². The van der Waals surface area contributed by atoms with Crippen LogP contribution in [-0.2, 0) is 26.2 Å². The minimum atomic E-state index is -3.67. The third-order valence-corrected chi connectivity index (χ3v) is 7.81.